The Balaban J connectivity index is 0.973. The summed E-state index contributed by atoms with van der Waals surface area (Å²) in [7, 11) is 2.46. The number of para-hydroxylation sites is 9. The van der Waals surface area contributed by atoms with Crippen molar-refractivity contribution in [2.75, 3.05) is 24.9 Å². The first kappa shape index (κ1) is 47.3. The molecule has 0 aromatic heterocycles. The molecule has 0 spiro atoms. The lowest BCUT2D eigenvalue weighted by Crippen LogP contribution is -2.62. The molecule has 12 aromatic rings. The minimum absolute atomic E-state index is 0.0879. The summed E-state index contributed by atoms with van der Waals surface area (Å²) in [5.74, 6) is 0. The lowest BCUT2D eigenvalue weighted by molar-refractivity contribution is 1.22. The maximum absolute atomic E-state index is 3.81. The van der Waals surface area contributed by atoms with Crippen LogP contribution in [-0.2, 0) is 0 Å². The van der Waals surface area contributed by atoms with Crippen LogP contribution in [0.15, 0.2) is 307 Å². The van der Waals surface area contributed by atoms with E-state index in [0.717, 1.165) is 85.1 Å². The van der Waals surface area contributed by atoms with Gasteiger partial charge < -0.3 is 24.9 Å². The summed E-state index contributed by atoms with van der Waals surface area (Å²) in [5.41, 5.74) is 23.9. The van der Waals surface area contributed by atoms with Gasteiger partial charge >= 0.3 is 0 Å². The molecule has 375 valence electrons. The van der Waals surface area contributed by atoms with Gasteiger partial charge in [0.15, 0.2) is 7.28 Å². The molecule has 1 radical (unpaired) electrons. The number of fused-ring (bicyclic) bond motifs is 6. The smallest absolute Gasteiger partial charge is 0.252 e. The quantitative estimate of drug-likeness (QED) is 0.130. The van der Waals surface area contributed by atoms with E-state index in [1.54, 1.807) is 0 Å². The third kappa shape index (κ3) is 8.31. The second-order valence-corrected chi connectivity index (χ2v) is 21.5. The fraction of sp³-hybridized carbons (Fsp3) is 0. The first-order valence-corrected chi connectivity index (χ1v) is 28.1. The van der Waals surface area contributed by atoms with Crippen molar-refractivity contribution >= 4 is 133 Å². The van der Waals surface area contributed by atoms with E-state index in [1.165, 1.54) is 42.8 Å². The molecule has 0 amide bonds. The Morgan fingerprint density at radius 3 is 1.38 bits per heavy atom. The van der Waals surface area contributed by atoms with Crippen molar-refractivity contribution in [1.29, 1.82) is 0 Å². The van der Waals surface area contributed by atoms with Gasteiger partial charge in [-0.05, 0) is 149 Å². The summed E-state index contributed by atoms with van der Waals surface area (Å²) in [6, 6.07) is 108. The zero-order valence-electron chi connectivity index (χ0n) is 43.6. The van der Waals surface area contributed by atoms with Crippen molar-refractivity contribution in [2.45, 2.75) is 9.79 Å². The van der Waals surface area contributed by atoms with Crippen LogP contribution in [0.1, 0.15) is 0 Å². The van der Waals surface area contributed by atoms with Crippen LogP contribution in [0.4, 0.5) is 79.6 Å². The normalized spacial score (nSPS) is 12.5. The average Bonchev–Trinajstić information content (AvgIpc) is 3.59. The molecule has 0 bridgehead atoms. The standard InChI is InChI=1S/C72H50B2N5S/c1-8-26-50(27-9-1)75-64-42-24-22-40-59(64)60-44-57(76(51-28-10-2-11-29-51)52-30-12-3-13-31-52)47-70-71(60)73-61-48-63-66(49-69(61)80-70)79(56-38-20-7-21-39-56)68-46-58(77(53-32-14-4-15-33-53)54-34-16-5-17-35-54)45-67-72(68)74(63)62-41-23-25-43-65(62)78(67)55-36-18-6-19-37-55/h1-49,75H. The molecular weight excluding hydrogens is 989 g/mol. The summed E-state index contributed by atoms with van der Waals surface area (Å²) in [4.78, 5) is 12.2. The maximum Gasteiger partial charge on any atom is 0.252 e. The predicted octanol–water partition coefficient (Wildman–Crippen LogP) is 16.2. The highest BCUT2D eigenvalue weighted by atomic mass is 32.2. The average molecular weight is 1040 g/mol. The number of anilines is 14. The van der Waals surface area contributed by atoms with Crippen molar-refractivity contribution in [3.8, 4) is 11.1 Å². The highest BCUT2D eigenvalue weighted by Gasteiger charge is 2.45. The summed E-state index contributed by atoms with van der Waals surface area (Å²) in [6.07, 6.45) is 0. The lowest BCUT2D eigenvalue weighted by Gasteiger charge is -2.45. The maximum atomic E-state index is 3.81. The molecule has 1 N–H and O–H groups in total. The van der Waals surface area contributed by atoms with E-state index in [4.69, 9.17) is 0 Å². The zero-order chi connectivity index (χ0) is 52.9. The molecule has 0 saturated carbocycles. The number of benzene rings is 12. The van der Waals surface area contributed by atoms with Gasteiger partial charge in [-0.3, -0.25) is 0 Å². The molecule has 80 heavy (non-hydrogen) atoms. The third-order valence-electron chi connectivity index (χ3n) is 15.6. The number of hydrogen-bond donors (Lipinski definition) is 1. The molecule has 3 heterocycles. The number of nitrogens with one attached hydrogen (secondary N) is 1. The van der Waals surface area contributed by atoms with Crippen molar-refractivity contribution in [2.24, 2.45) is 0 Å². The van der Waals surface area contributed by atoms with Gasteiger partial charge in [0.05, 0.1) is 5.69 Å². The van der Waals surface area contributed by atoms with Gasteiger partial charge in [-0.1, -0.05) is 193 Å². The highest BCUT2D eigenvalue weighted by molar-refractivity contribution is 8.00. The highest BCUT2D eigenvalue weighted by Crippen LogP contribution is 2.50. The van der Waals surface area contributed by atoms with Crippen LogP contribution in [0.2, 0.25) is 0 Å². The van der Waals surface area contributed by atoms with Crippen LogP contribution in [0.25, 0.3) is 11.1 Å². The van der Waals surface area contributed by atoms with Crippen LogP contribution in [0.5, 0.6) is 0 Å². The summed E-state index contributed by atoms with van der Waals surface area (Å²) >= 11 is 1.86. The van der Waals surface area contributed by atoms with Crippen LogP contribution in [0, 0.1) is 0 Å². The first-order valence-electron chi connectivity index (χ1n) is 27.3. The Hall–Kier alpha value is -9.88. The molecule has 3 aliphatic heterocycles. The zero-order valence-corrected chi connectivity index (χ0v) is 44.5. The number of rotatable bonds is 11. The number of hydrogen-bond acceptors (Lipinski definition) is 6. The fourth-order valence-corrected chi connectivity index (χ4v) is 13.3. The molecule has 0 atom stereocenters. The van der Waals surface area contributed by atoms with Gasteiger partial charge in [0, 0.05) is 89.3 Å². The van der Waals surface area contributed by atoms with E-state index in [-0.39, 0.29) is 6.71 Å². The third-order valence-corrected chi connectivity index (χ3v) is 16.7. The summed E-state index contributed by atoms with van der Waals surface area (Å²) in [5, 5.41) is 3.81. The lowest BCUT2D eigenvalue weighted by atomic mass is 9.33. The molecule has 0 fully saturated rings. The minimum Gasteiger partial charge on any atom is -0.355 e. The topological polar surface area (TPSA) is 25.0 Å². The second-order valence-electron chi connectivity index (χ2n) is 20.4. The molecule has 15 rings (SSSR count). The molecule has 0 aliphatic carbocycles. The van der Waals surface area contributed by atoms with Gasteiger partial charge in [-0.2, -0.15) is 0 Å². The van der Waals surface area contributed by atoms with Crippen LogP contribution in [0.3, 0.4) is 0 Å². The Labute approximate surface area is 473 Å². The van der Waals surface area contributed by atoms with Gasteiger partial charge in [0.25, 0.3) is 6.71 Å². The molecular formula is C72H50B2N5S. The van der Waals surface area contributed by atoms with Crippen molar-refractivity contribution in [1.82, 2.24) is 0 Å². The monoisotopic (exact) mass is 1040 g/mol. The van der Waals surface area contributed by atoms with Crippen LogP contribution < -0.4 is 52.2 Å². The van der Waals surface area contributed by atoms with E-state index in [2.05, 4.69) is 329 Å². The fourth-order valence-electron chi connectivity index (χ4n) is 12.2. The van der Waals surface area contributed by atoms with Crippen LogP contribution in [-0.4, -0.2) is 14.0 Å². The van der Waals surface area contributed by atoms with Crippen molar-refractivity contribution in [3.05, 3.63) is 297 Å². The van der Waals surface area contributed by atoms with Crippen molar-refractivity contribution in [3.63, 3.8) is 0 Å². The summed E-state index contributed by atoms with van der Waals surface area (Å²) < 4.78 is 0. The van der Waals surface area contributed by atoms with Gasteiger partial charge in [0.2, 0.25) is 0 Å². The molecule has 3 aliphatic rings. The number of nitrogens with zero attached hydrogens (tertiary/aromatic N) is 4. The van der Waals surface area contributed by atoms with Crippen molar-refractivity contribution < 1.29 is 0 Å². The van der Waals surface area contributed by atoms with Crippen LogP contribution >= 0.6 is 11.8 Å². The van der Waals surface area contributed by atoms with E-state index in [1.807, 2.05) is 11.8 Å². The summed E-state index contributed by atoms with van der Waals surface area (Å²) in [6.45, 7) is -0.0879. The van der Waals surface area contributed by atoms with E-state index < -0.39 is 0 Å². The Kier molecular flexibility index (Phi) is 11.9. The SMILES string of the molecule is [B]1c2cc3c(cc2Sc2cc(N(c4ccccc4)c4ccccc4)cc(-c4ccccc4Nc4ccccc4)c21)N(c1ccccc1)c1cc(N(c2ccccc2)c2ccccc2)cc2c1B3c1ccccc1N2c1ccccc1. The predicted molar refractivity (Wildman–Crippen MR) is 341 cm³/mol. The Bertz CT molecular complexity index is 4150. The van der Waals surface area contributed by atoms with E-state index in [9.17, 15) is 0 Å². The Morgan fingerprint density at radius 2 is 0.812 bits per heavy atom. The van der Waals surface area contributed by atoms with E-state index in [0.29, 0.717) is 0 Å². The second kappa shape index (κ2) is 20.2. The Morgan fingerprint density at radius 1 is 0.350 bits per heavy atom. The van der Waals surface area contributed by atoms with Gasteiger partial charge in [-0.15, -0.1) is 0 Å². The van der Waals surface area contributed by atoms with E-state index >= 15 is 0 Å². The van der Waals surface area contributed by atoms with Gasteiger partial charge in [0.1, 0.15) is 0 Å². The minimum atomic E-state index is -0.0879. The van der Waals surface area contributed by atoms with Gasteiger partial charge in [-0.25, -0.2) is 0 Å². The molecule has 8 heteroatoms. The first-order chi connectivity index (χ1) is 39.7. The molecule has 5 nitrogen and oxygen atoms in total. The molecule has 0 unspecified atom stereocenters. The molecule has 12 aromatic carbocycles. The largest absolute Gasteiger partial charge is 0.355 e. The molecule has 0 saturated heterocycles.